The molecule has 2 aromatic rings. The van der Waals surface area contributed by atoms with Gasteiger partial charge in [-0.2, -0.15) is 0 Å². The van der Waals surface area contributed by atoms with E-state index in [1.807, 2.05) is 31.2 Å². The van der Waals surface area contributed by atoms with Gasteiger partial charge in [0.1, 0.15) is 17.5 Å². The zero-order valence-corrected chi connectivity index (χ0v) is 25.3. The quantitative estimate of drug-likeness (QED) is 0.338. The van der Waals surface area contributed by atoms with Crippen LogP contribution in [0, 0.1) is 0 Å². The Morgan fingerprint density at radius 1 is 1.10 bits per heavy atom. The van der Waals surface area contributed by atoms with Crippen LogP contribution in [0.15, 0.2) is 42.5 Å². The zero-order chi connectivity index (χ0) is 29.3. The van der Waals surface area contributed by atoms with Crippen LogP contribution in [-0.2, 0) is 26.2 Å². The van der Waals surface area contributed by atoms with Crippen molar-refractivity contribution in [2.24, 2.45) is 0 Å². The fourth-order valence-corrected chi connectivity index (χ4v) is 6.28. The van der Waals surface area contributed by atoms with Gasteiger partial charge in [0.15, 0.2) is 0 Å². The molecule has 1 N–H and O–H groups in total. The van der Waals surface area contributed by atoms with Gasteiger partial charge in [0.05, 0.1) is 31.2 Å². The van der Waals surface area contributed by atoms with Crippen LogP contribution in [0.2, 0.25) is 5.02 Å². The van der Waals surface area contributed by atoms with Crippen molar-refractivity contribution in [1.29, 1.82) is 0 Å². The number of rotatable bonds is 14. The molecule has 1 fully saturated rings. The van der Waals surface area contributed by atoms with Gasteiger partial charge in [-0.25, -0.2) is 8.42 Å². The van der Waals surface area contributed by atoms with E-state index in [-0.39, 0.29) is 48.8 Å². The van der Waals surface area contributed by atoms with Gasteiger partial charge in [-0.05, 0) is 61.6 Å². The van der Waals surface area contributed by atoms with Gasteiger partial charge in [0.25, 0.3) is 0 Å². The Labute approximate surface area is 242 Å². The Hall–Kier alpha value is -2.98. The molecule has 0 heterocycles. The van der Waals surface area contributed by atoms with Crippen LogP contribution in [0.4, 0.5) is 5.69 Å². The van der Waals surface area contributed by atoms with Crippen molar-refractivity contribution in [1.82, 2.24) is 10.2 Å². The number of carbonyl (C=O) groups is 2. The molecule has 1 atom stereocenters. The number of nitrogens with one attached hydrogen (secondary N) is 1. The molecule has 0 radical (unpaired) electrons. The molecule has 0 spiro atoms. The van der Waals surface area contributed by atoms with Gasteiger partial charge in [-0.3, -0.25) is 13.9 Å². The first-order chi connectivity index (χ1) is 19.1. The summed E-state index contributed by atoms with van der Waals surface area (Å²) in [6, 6.07) is 11.6. The minimum absolute atomic E-state index is 0.0626. The number of halogens is 1. The molecule has 1 aliphatic rings. The van der Waals surface area contributed by atoms with E-state index < -0.39 is 16.1 Å². The molecule has 1 aliphatic carbocycles. The van der Waals surface area contributed by atoms with Gasteiger partial charge in [-0.1, -0.05) is 43.5 Å². The number of nitrogens with zero attached hydrogens (tertiary/aromatic N) is 2. The molecule has 0 bridgehead atoms. The SMILES string of the molecule is CC[C@@H](C(=O)NC1CCCC1)N(Cc1cccc(OC)c1)C(=O)CCCN(c1ccc(OC)c(Cl)c1)S(C)(=O)=O. The number of methoxy groups -OCH3 is 2. The molecule has 2 aromatic carbocycles. The van der Waals surface area contributed by atoms with E-state index >= 15 is 0 Å². The first-order valence-electron chi connectivity index (χ1n) is 13.6. The predicted molar refractivity (Wildman–Crippen MR) is 157 cm³/mol. The third-order valence-corrected chi connectivity index (χ3v) is 8.64. The average molecular weight is 594 g/mol. The van der Waals surface area contributed by atoms with E-state index in [2.05, 4.69) is 5.32 Å². The zero-order valence-electron chi connectivity index (χ0n) is 23.7. The summed E-state index contributed by atoms with van der Waals surface area (Å²) in [5, 5.41) is 3.42. The number of anilines is 1. The second-order valence-corrected chi connectivity index (χ2v) is 12.4. The van der Waals surface area contributed by atoms with Crippen molar-refractivity contribution in [2.75, 3.05) is 31.3 Å². The second kappa shape index (κ2) is 14.6. The first kappa shape index (κ1) is 31.5. The Kier molecular flexibility index (Phi) is 11.5. The minimum Gasteiger partial charge on any atom is -0.497 e. The van der Waals surface area contributed by atoms with Crippen LogP contribution < -0.4 is 19.1 Å². The van der Waals surface area contributed by atoms with Crippen LogP contribution in [-0.4, -0.2) is 64.2 Å². The Bertz CT molecular complexity index is 1270. The maximum Gasteiger partial charge on any atom is 0.243 e. The van der Waals surface area contributed by atoms with Crippen LogP contribution in [0.3, 0.4) is 0 Å². The van der Waals surface area contributed by atoms with E-state index in [0.29, 0.717) is 23.6 Å². The summed E-state index contributed by atoms with van der Waals surface area (Å²) in [6.07, 6.45) is 5.95. The van der Waals surface area contributed by atoms with Gasteiger partial charge < -0.3 is 19.7 Å². The summed E-state index contributed by atoms with van der Waals surface area (Å²) < 4.78 is 37.0. The topological polar surface area (TPSA) is 105 Å². The van der Waals surface area contributed by atoms with Crippen LogP contribution in [0.5, 0.6) is 11.5 Å². The molecule has 40 heavy (non-hydrogen) atoms. The Balaban J connectivity index is 1.78. The summed E-state index contributed by atoms with van der Waals surface area (Å²) in [5.74, 6) is 0.716. The molecule has 0 saturated heterocycles. The van der Waals surface area contributed by atoms with Crippen LogP contribution >= 0.6 is 11.6 Å². The normalized spacial score (nSPS) is 14.4. The summed E-state index contributed by atoms with van der Waals surface area (Å²) in [4.78, 5) is 28.6. The monoisotopic (exact) mass is 593 g/mol. The fourth-order valence-electron chi connectivity index (χ4n) is 5.07. The maximum atomic E-state index is 13.7. The van der Waals surface area contributed by atoms with Crippen molar-refractivity contribution in [3.8, 4) is 11.5 Å². The molecule has 1 saturated carbocycles. The highest BCUT2D eigenvalue weighted by Gasteiger charge is 2.31. The lowest BCUT2D eigenvalue weighted by molar-refractivity contribution is -0.141. The third-order valence-electron chi connectivity index (χ3n) is 7.15. The van der Waals surface area contributed by atoms with Crippen molar-refractivity contribution in [2.45, 2.75) is 70.5 Å². The highest BCUT2D eigenvalue weighted by molar-refractivity contribution is 7.92. The molecule has 0 aliphatic heterocycles. The molecular formula is C29H40ClN3O6S. The van der Waals surface area contributed by atoms with E-state index in [1.165, 1.54) is 17.5 Å². The summed E-state index contributed by atoms with van der Waals surface area (Å²) >= 11 is 6.24. The van der Waals surface area contributed by atoms with Crippen molar-refractivity contribution in [3.05, 3.63) is 53.1 Å². The largest absolute Gasteiger partial charge is 0.497 e. The standard InChI is InChI=1S/C29H40ClN3O6S/c1-5-26(29(35)31-22-11-6-7-12-22)32(20-21-10-8-13-24(18-21)38-2)28(34)14-9-17-33(40(4,36)37)23-15-16-27(39-3)25(30)19-23/h8,10,13,15-16,18-19,22,26H,5-7,9,11-12,14,17,20H2,1-4H3,(H,31,35)/t26-/m0/s1. The number of ether oxygens (including phenoxy) is 2. The van der Waals surface area contributed by atoms with Crippen molar-refractivity contribution >= 4 is 39.1 Å². The highest BCUT2D eigenvalue weighted by Crippen LogP contribution is 2.30. The Morgan fingerprint density at radius 3 is 2.42 bits per heavy atom. The molecule has 11 heteroatoms. The Morgan fingerprint density at radius 2 is 1.82 bits per heavy atom. The van der Waals surface area contributed by atoms with Gasteiger partial charge in [-0.15, -0.1) is 0 Å². The fraction of sp³-hybridized carbons (Fsp3) is 0.517. The van der Waals surface area contributed by atoms with E-state index in [9.17, 15) is 18.0 Å². The lowest BCUT2D eigenvalue weighted by Gasteiger charge is -2.32. The van der Waals surface area contributed by atoms with Crippen LogP contribution in [0.25, 0.3) is 0 Å². The molecule has 3 rings (SSSR count). The van der Waals surface area contributed by atoms with Gasteiger partial charge in [0, 0.05) is 25.6 Å². The average Bonchev–Trinajstić information content (AvgIpc) is 3.43. The number of benzene rings is 2. The molecule has 220 valence electrons. The van der Waals surface area contributed by atoms with E-state index in [0.717, 1.165) is 37.5 Å². The smallest absolute Gasteiger partial charge is 0.243 e. The number of amides is 2. The van der Waals surface area contributed by atoms with Crippen molar-refractivity contribution < 1.29 is 27.5 Å². The molecule has 0 unspecified atom stereocenters. The molecule has 0 aromatic heterocycles. The first-order valence-corrected chi connectivity index (χ1v) is 15.8. The number of sulfonamides is 1. The minimum atomic E-state index is -3.65. The summed E-state index contributed by atoms with van der Waals surface area (Å²) in [7, 11) is -0.585. The summed E-state index contributed by atoms with van der Waals surface area (Å²) in [5.41, 5.74) is 1.22. The number of carbonyl (C=O) groups excluding carboxylic acids is 2. The number of hydrogen-bond donors (Lipinski definition) is 1. The number of hydrogen-bond acceptors (Lipinski definition) is 6. The maximum absolute atomic E-state index is 13.7. The lowest BCUT2D eigenvalue weighted by atomic mass is 10.1. The van der Waals surface area contributed by atoms with E-state index in [4.69, 9.17) is 21.1 Å². The second-order valence-electron chi connectivity index (χ2n) is 10.0. The van der Waals surface area contributed by atoms with Crippen LogP contribution in [0.1, 0.15) is 57.4 Å². The lowest BCUT2D eigenvalue weighted by Crippen LogP contribution is -2.51. The third kappa shape index (κ3) is 8.51. The highest BCUT2D eigenvalue weighted by atomic mass is 35.5. The summed E-state index contributed by atoms with van der Waals surface area (Å²) in [6.45, 7) is 2.20. The predicted octanol–water partition coefficient (Wildman–Crippen LogP) is 4.77. The molecular weight excluding hydrogens is 554 g/mol. The molecule has 2 amide bonds. The van der Waals surface area contributed by atoms with Gasteiger partial charge >= 0.3 is 0 Å². The van der Waals surface area contributed by atoms with E-state index in [1.54, 1.807) is 24.1 Å². The van der Waals surface area contributed by atoms with Gasteiger partial charge in [0.2, 0.25) is 21.8 Å². The molecule has 9 nitrogen and oxygen atoms in total. The van der Waals surface area contributed by atoms with Crippen molar-refractivity contribution in [3.63, 3.8) is 0 Å².